The van der Waals surface area contributed by atoms with Crippen LogP contribution in [0.2, 0.25) is 0 Å². The van der Waals surface area contributed by atoms with Crippen molar-refractivity contribution in [3.8, 4) is 0 Å². The average Bonchev–Trinajstić information content (AvgIpc) is 3.27. The summed E-state index contributed by atoms with van der Waals surface area (Å²) in [5.41, 5.74) is 3.91. The minimum absolute atomic E-state index is 0.129. The second kappa shape index (κ2) is 7.14. The van der Waals surface area contributed by atoms with Crippen molar-refractivity contribution < 1.29 is 4.79 Å². The number of hydrogen-bond donors (Lipinski definition) is 0. The van der Waals surface area contributed by atoms with Crippen molar-refractivity contribution in [3.05, 3.63) is 59.7 Å². The first-order chi connectivity index (χ1) is 13.0. The number of hydrogen-bond acceptors (Lipinski definition) is 3. The molecule has 0 aliphatic carbocycles. The molecule has 1 fully saturated rings. The Morgan fingerprint density at radius 1 is 1.26 bits per heavy atom. The highest BCUT2D eigenvalue weighted by Gasteiger charge is 2.32. The van der Waals surface area contributed by atoms with E-state index in [4.69, 9.17) is 4.98 Å². The van der Waals surface area contributed by atoms with Crippen molar-refractivity contribution in [2.24, 2.45) is 5.92 Å². The number of aromatic nitrogens is 3. The molecular weight excluding hydrogens is 336 g/mol. The van der Waals surface area contributed by atoms with Gasteiger partial charge in [-0.1, -0.05) is 32.0 Å². The molecule has 1 aliphatic heterocycles. The minimum atomic E-state index is 0.129. The quantitative estimate of drug-likeness (QED) is 0.704. The Morgan fingerprint density at radius 2 is 2.07 bits per heavy atom. The van der Waals surface area contributed by atoms with Crippen LogP contribution in [0.4, 0.5) is 0 Å². The standard InChI is InChI=1S/C22H26N4O/c1-15(2)13-26-20-12-23-10-8-19(20)24-21(26)17-9-11-25(14-17)22(27)18-7-5-4-6-16(18)3/h4-8,10,12,15,17H,9,11,13-14H2,1-3H3/t17-/m1/s1. The van der Waals surface area contributed by atoms with Gasteiger partial charge in [0, 0.05) is 37.3 Å². The van der Waals surface area contributed by atoms with Crippen LogP contribution in [0.3, 0.4) is 0 Å². The lowest BCUT2D eigenvalue weighted by molar-refractivity contribution is 0.0789. The molecule has 0 radical (unpaired) electrons. The van der Waals surface area contributed by atoms with Gasteiger partial charge in [0.15, 0.2) is 0 Å². The number of rotatable bonds is 4. The summed E-state index contributed by atoms with van der Waals surface area (Å²) in [6, 6.07) is 9.80. The van der Waals surface area contributed by atoms with Crippen LogP contribution in [0.15, 0.2) is 42.7 Å². The van der Waals surface area contributed by atoms with Gasteiger partial charge in [0.1, 0.15) is 5.82 Å². The van der Waals surface area contributed by atoms with Gasteiger partial charge in [-0.15, -0.1) is 0 Å². The molecule has 5 heteroatoms. The van der Waals surface area contributed by atoms with Gasteiger partial charge in [0.25, 0.3) is 5.91 Å². The van der Waals surface area contributed by atoms with Gasteiger partial charge in [-0.3, -0.25) is 9.78 Å². The number of carbonyl (C=O) groups is 1. The summed E-state index contributed by atoms with van der Waals surface area (Å²) in [5.74, 6) is 2.01. The fourth-order valence-corrected chi connectivity index (χ4v) is 4.00. The van der Waals surface area contributed by atoms with Crippen molar-refractivity contribution in [1.82, 2.24) is 19.4 Å². The molecule has 4 rings (SSSR count). The third-order valence-corrected chi connectivity index (χ3v) is 5.34. The first kappa shape index (κ1) is 17.7. The maximum atomic E-state index is 13.0. The summed E-state index contributed by atoms with van der Waals surface area (Å²) in [6.45, 7) is 8.85. The van der Waals surface area contributed by atoms with Crippen LogP contribution >= 0.6 is 0 Å². The van der Waals surface area contributed by atoms with Crippen LogP contribution in [-0.4, -0.2) is 38.4 Å². The van der Waals surface area contributed by atoms with Crippen LogP contribution < -0.4 is 0 Å². The Bertz CT molecular complexity index is 975. The molecule has 0 unspecified atom stereocenters. The normalized spacial score (nSPS) is 17.2. The van der Waals surface area contributed by atoms with E-state index in [1.807, 2.05) is 48.4 Å². The van der Waals surface area contributed by atoms with Crippen molar-refractivity contribution >= 4 is 16.9 Å². The van der Waals surface area contributed by atoms with E-state index in [2.05, 4.69) is 23.4 Å². The number of imidazole rings is 1. The number of benzene rings is 1. The van der Waals surface area contributed by atoms with Crippen molar-refractivity contribution in [2.45, 2.75) is 39.7 Å². The maximum Gasteiger partial charge on any atom is 0.254 e. The number of nitrogens with zero attached hydrogens (tertiary/aromatic N) is 4. The largest absolute Gasteiger partial charge is 0.338 e. The molecule has 3 heterocycles. The molecule has 27 heavy (non-hydrogen) atoms. The number of amides is 1. The molecule has 1 aromatic carbocycles. The summed E-state index contributed by atoms with van der Waals surface area (Å²) in [4.78, 5) is 24.1. The lowest BCUT2D eigenvalue weighted by Gasteiger charge is -2.19. The van der Waals surface area contributed by atoms with E-state index in [0.717, 1.165) is 54.0 Å². The highest BCUT2D eigenvalue weighted by Crippen LogP contribution is 2.31. The molecule has 3 aromatic rings. The van der Waals surface area contributed by atoms with Gasteiger partial charge >= 0.3 is 0 Å². The predicted molar refractivity (Wildman–Crippen MR) is 107 cm³/mol. The topological polar surface area (TPSA) is 51.0 Å². The molecule has 1 atom stereocenters. The molecule has 5 nitrogen and oxygen atoms in total. The molecule has 0 bridgehead atoms. The fourth-order valence-electron chi connectivity index (χ4n) is 4.00. The number of likely N-dealkylation sites (tertiary alicyclic amines) is 1. The van der Waals surface area contributed by atoms with Gasteiger partial charge in [-0.2, -0.15) is 0 Å². The summed E-state index contributed by atoms with van der Waals surface area (Å²) >= 11 is 0. The van der Waals surface area contributed by atoms with Crippen molar-refractivity contribution in [2.75, 3.05) is 13.1 Å². The zero-order chi connectivity index (χ0) is 19.0. The zero-order valence-corrected chi connectivity index (χ0v) is 16.2. The number of aryl methyl sites for hydroxylation is 1. The minimum Gasteiger partial charge on any atom is -0.338 e. The van der Waals surface area contributed by atoms with E-state index < -0.39 is 0 Å². The average molecular weight is 362 g/mol. The van der Waals surface area contributed by atoms with Crippen molar-refractivity contribution in [3.63, 3.8) is 0 Å². The van der Waals surface area contributed by atoms with Gasteiger partial charge < -0.3 is 9.47 Å². The number of fused-ring (bicyclic) bond motifs is 1. The van der Waals surface area contributed by atoms with E-state index in [0.29, 0.717) is 5.92 Å². The molecule has 140 valence electrons. The molecule has 0 N–H and O–H groups in total. The zero-order valence-electron chi connectivity index (χ0n) is 16.2. The molecule has 1 amide bonds. The smallest absolute Gasteiger partial charge is 0.254 e. The van der Waals surface area contributed by atoms with Crippen LogP contribution in [-0.2, 0) is 6.54 Å². The van der Waals surface area contributed by atoms with E-state index in [1.165, 1.54) is 0 Å². The molecule has 0 saturated carbocycles. The molecular formula is C22H26N4O. The van der Waals surface area contributed by atoms with E-state index in [9.17, 15) is 4.79 Å². The van der Waals surface area contributed by atoms with E-state index in [-0.39, 0.29) is 11.8 Å². The Morgan fingerprint density at radius 3 is 2.85 bits per heavy atom. The van der Waals surface area contributed by atoms with Gasteiger partial charge in [-0.05, 0) is 37.0 Å². The van der Waals surface area contributed by atoms with Crippen LogP contribution in [0, 0.1) is 12.8 Å². The first-order valence-corrected chi connectivity index (χ1v) is 9.69. The second-order valence-corrected chi connectivity index (χ2v) is 7.89. The fraction of sp³-hybridized carbons (Fsp3) is 0.409. The van der Waals surface area contributed by atoms with Gasteiger partial charge in [-0.25, -0.2) is 4.98 Å². The lowest BCUT2D eigenvalue weighted by atomic mass is 10.1. The first-order valence-electron chi connectivity index (χ1n) is 9.69. The Hall–Kier alpha value is -2.69. The SMILES string of the molecule is Cc1ccccc1C(=O)N1CC[C@@H](c2nc3ccncc3n2CC(C)C)C1. The number of pyridine rings is 1. The van der Waals surface area contributed by atoms with Gasteiger partial charge in [0.2, 0.25) is 0 Å². The van der Waals surface area contributed by atoms with Gasteiger partial charge in [0.05, 0.1) is 17.2 Å². The van der Waals surface area contributed by atoms with Crippen molar-refractivity contribution in [1.29, 1.82) is 0 Å². The third-order valence-electron chi connectivity index (χ3n) is 5.34. The molecule has 1 aliphatic rings. The third kappa shape index (κ3) is 3.34. The molecule has 0 spiro atoms. The Balaban J connectivity index is 1.62. The monoisotopic (exact) mass is 362 g/mol. The molecule has 2 aromatic heterocycles. The summed E-state index contributed by atoms with van der Waals surface area (Å²) in [7, 11) is 0. The second-order valence-electron chi connectivity index (χ2n) is 7.89. The van der Waals surface area contributed by atoms with Crippen LogP contribution in [0.1, 0.15) is 47.9 Å². The summed E-state index contributed by atoms with van der Waals surface area (Å²) in [6.07, 6.45) is 4.65. The molecule has 1 saturated heterocycles. The van der Waals surface area contributed by atoms with E-state index in [1.54, 1.807) is 6.20 Å². The van der Waals surface area contributed by atoms with E-state index >= 15 is 0 Å². The van der Waals surface area contributed by atoms with Crippen LogP contribution in [0.5, 0.6) is 0 Å². The summed E-state index contributed by atoms with van der Waals surface area (Å²) < 4.78 is 2.30. The van der Waals surface area contributed by atoms with Crippen LogP contribution in [0.25, 0.3) is 11.0 Å². The lowest BCUT2D eigenvalue weighted by Crippen LogP contribution is -2.29. The Kier molecular flexibility index (Phi) is 4.68. The predicted octanol–water partition coefficient (Wildman–Crippen LogP) is 4.03. The highest BCUT2D eigenvalue weighted by atomic mass is 16.2. The summed E-state index contributed by atoms with van der Waals surface area (Å²) in [5, 5.41) is 0. The maximum absolute atomic E-state index is 13.0. The highest BCUT2D eigenvalue weighted by molar-refractivity contribution is 5.95. The number of carbonyl (C=O) groups excluding carboxylic acids is 1. The Labute approximate surface area is 160 Å².